The number of morpholine rings is 1. The second-order valence-electron chi connectivity index (χ2n) is 41.2. The third-order valence-electron chi connectivity index (χ3n) is 22.1. The van der Waals surface area contributed by atoms with Gasteiger partial charge in [0.2, 0.25) is 0 Å². The highest BCUT2D eigenvalue weighted by Crippen LogP contribution is 2.40. The lowest BCUT2D eigenvalue weighted by atomic mass is 9.87. The maximum atomic E-state index is 13.7. The van der Waals surface area contributed by atoms with Crippen molar-refractivity contribution in [2.24, 2.45) is 0 Å². The number of rotatable bonds is 2. The quantitative estimate of drug-likeness (QED) is 0.169. The van der Waals surface area contributed by atoms with Gasteiger partial charge in [-0.1, -0.05) is 277 Å². The SMILES string of the molecule is C.CC.CC.CC.CC.CC.CC(C)(C)c1ccc2c(c1)OCCO2.CC(C)(C)c1cn(C2CC2)c2cc(Cl)c(F)cc2c1=O.CC(C)(C)c1cnc2cnccn12.CC(C)(C)c1cnn2cccnc12.CC(C)(C)c1ncn2c1CNCc1ccccc1-2.CC(C)(C)c1nnc2cnccn12.CCc1nc2ccccc2c(=O)n1C(C)(C)C.CN1CCOCC1.Cc1nc2cnccn2c1C(C)(C)C. The summed E-state index contributed by atoms with van der Waals surface area (Å²) >= 11 is 5.88. The van der Waals surface area contributed by atoms with Crippen LogP contribution in [0.2, 0.25) is 5.02 Å². The van der Waals surface area contributed by atoms with Crippen LogP contribution in [0, 0.1) is 12.7 Å². The molecule has 0 spiro atoms. The lowest BCUT2D eigenvalue weighted by Crippen LogP contribution is -2.37. The molecule has 0 unspecified atom stereocenters. The summed E-state index contributed by atoms with van der Waals surface area (Å²) in [5.41, 5.74) is 17.0. The topological polar surface area (TPSA) is 251 Å². The number of hydrogen-bond acceptors (Lipinski definition) is 18. The normalized spacial score (nSPS) is 13.3. The zero-order valence-corrected chi connectivity index (χ0v) is 91.6. The van der Waals surface area contributed by atoms with E-state index in [4.69, 9.17) is 25.8 Å². The first-order valence-electron chi connectivity index (χ1n) is 49.6. The molecule has 27 heteroatoms. The molecule has 1 saturated heterocycles. The summed E-state index contributed by atoms with van der Waals surface area (Å²) < 4.78 is 43.9. The molecule has 764 valence electrons. The van der Waals surface area contributed by atoms with E-state index in [2.05, 4.69) is 251 Å². The number of fused-ring (bicyclic) bond motifs is 10. The van der Waals surface area contributed by atoms with Gasteiger partial charge in [0.1, 0.15) is 30.7 Å². The Morgan fingerprint density at radius 3 is 1.66 bits per heavy atom. The first kappa shape index (κ1) is 119. The number of imidazole rings is 3. The molecule has 11 aromatic heterocycles. The molecule has 4 aromatic carbocycles. The molecular formula is C113H168ClFN20O5. The van der Waals surface area contributed by atoms with Crippen molar-refractivity contribution in [1.29, 1.82) is 0 Å². The minimum absolute atomic E-state index is 0. The number of likely N-dealkylation sites (N-methyl/N-ethyl adjacent to an activating group) is 1. The molecule has 0 amide bonds. The Balaban J connectivity index is 0.000000276. The van der Waals surface area contributed by atoms with E-state index < -0.39 is 5.82 Å². The summed E-state index contributed by atoms with van der Waals surface area (Å²) in [7, 11) is 2.11. The molecule has 3 aliphatic heterocycles. The summed E-state index contributed by atoms with van der Waals surface area (Å²) in [6.07, 6.45) is 30.7. The Bertz CT molecular complexity index is 6250. The number of para-hydroxylation sites is 2. The van der Waals surface area contributed by atoms with Gasteiger partial charge in [-0.05, 0) is 123 Å². The fourth-order valence-corrected chi connectivity index (χ4v) is 15.5. The van der Waals surface area contributed by atoms with Gasteiger partial charge in [-0.2, -0.15) is 5.10 Å². The van der Waals surface area contributed by atoms with Crippen molar-refractivity contribution in [3.8, 4) is 17.2 Å². The molecule has 14 heterocycles. The van der Waals surface area contributed by atoms with E-state index in [0.717, 1.165) is 127 Å². The molecule has 19 rings (SSSR count). The fourth-order valence-electron chi connectivity index (χ4n) is 15.3. The van der Waals surface area contributed by atoms with Gasteiger partial charge in [-0.15, -0.1) is 10.2 Å². The number of hydrogen-bond donors (Lipinski definition) is 1. The molecule has 4 aliphatic rings. The Labute approximate surface area is 840 Å². The molecule has 25 nitrogen and oxygen atoms in total. The molecule has 0 radical (unpaired) electrons. The first-order valence-corrected chi connectivity index (χ1v) is 50.0. The van der Waals surface area contributed by atoms with E-state index in [1.54, 1.807) is 58.5 Å². The van der Waals surface area contributed by atoms with Crippen molar-refractivity contribution in [2.45, 2.75) is 339 Å². The fraction of sp³-hybridized carbons (Fsp3) is 0.513. The molecule has 1 saturated carbocycles. The van der Waals surface area contributed by atoms with Crippen LogP contribution in [0.3, 0.4) is 0 Å². The number of halogens is 2. The Kier molecular flexibility index (Phi) is 45.0. The third-order valence-corrected chi connectivity index (χ3v) is 22.4. The maximum absolute atomic E-state index is 13.7. The Hall–Kier alpha value is -11.5. The van der Waals surface area contributed by atoms with Gasteiger partial charge in [0, 0.05) is 150 Å². The second-order valence-corrected chi connectivity index (χ2v) is 41.6. The number of pyridine rings is 1. The number of aromatic nitrogens is 18. The van der Waals surface area contributed by atoms with E-state index in [0.29, 0.717) is 30.0 Å². The van der Waals surface area contributed by atoms with Crippen molar-refractivity contribution >= 4 is 56.0 Å². The largest absolute Gasteiger partial charge is 0.486 e. The molecule has 2 fully saturated rings. The second kappa shape index (κ2) is 52.9. The van der Waals surface area contributed by atoms with Crippen LogP contribution in [0.25, 0.3) is 50.1 Å². The summed E-state index contributed by atoms with van der Waals surface area (Å²) in [5.74, 6) is 3.02. The van der Waals surface area contributed by atoms with E-state index in [9.17, 15) is 14.0 Å². The molecule has 0 atom stereocenters. The average Bonchev–Trinajstić information content (AvgIpc) is 1.38. The van der Waals surface area contributed by atoms with E-state index in [-0.39, 0.29) is 66.9 Å². The summed E-state index contributed by atoms with van der Waals surface area (Å²) in [6, 6.07) is 27.3. The van der Waals surface area contributed by atoms with Crippen molar-refractivity contribution in [1.82, 2.24) is 96.8 Å². The van der Waals surface area contributed by atoms with Crippen molar-refractivity contribution in [2.75, 3.05) is 46.6 Å². The molecule has 15 aromatic rings. The number of benzene rings is 4. The summed E-state index contributed by atoms with van der Waals surface area (Å²) in [4.78, 5) is 61.7. The highest BCUT2D eigenvalue weighted by molar-refractivity contribution is 6.31. The zero-order valence-electron chi connectivity index (χ0n) is 90.9. The standard InChI is InChI=1S/C16H17ClFNO.C15H19N3.C14H18N2O.C12H16O2.C11H15N3.2C10H13N3.C9H12N4.C5H11NO.5C2H6.CH4/c1-16(2,3)11-8-19(9-4-5-9)14-7-12(17)13(18)6-10(14)15(11)20;1-15(2,3)14-13-9-16-8-11-6-4-5-7-12(11)18(13)10-17-14;1-5-12-15-11-9-7-6-8-10(11)13(17)16(12)14(2,3)4;1-12(2,3)9-4-5-10-11(8-9)14-7-6-13-10;1-8-10(11(2,3)4)14-6-5-12-7-9(14)13-8;1-10(2,3)8-6-12-9-7-11-4-5-13(8)9;1-10(2,3)8-7-12-13-6-4-5-11-9(8)13;1-9(2,3)8-12-11-7-6-10-4-5-13(7)8;1-6-2-4-7-5-3-6;5*1-2;/h6-9H,4-5H2,1-3H3;4-7,10,16H,8-9H2,1-3H3;6-9H,5H2,1-4H3;4-5,8H,6-7H2,1-3H3;5-7H,1-4H3;2*4-7H,1-3H3;4-6H,1-3H3;2-5H2,1H3;5*1-2H3;1H4. The zero-order chi connectivity index (χ0) is 104. The van der Waals surface area contributed by atoms with Crippen molar-refractivity contribution in [3.63, 3.8) is 0 Å². The monoisotopic (exact) mass is 1940 g/mol. The molecule has 0 bridgehead atoms. The smallest absolute Gasteiger partial charge is 0.261 e. The third kappa shape index (κ3) is 32.0. The molecule has 1 N–H and O–H groups in total. The number of nitrogens with zero attached hydrogens (tertiary/aromatic N) is 19. The minimum Gasteiger partial charge on any atom is -0.486 e. The van der Waals surface area contributed by atoms with Crippen LogP contribution < -0.4 is 25.8 Å². The first-order chi connectivity index (χ1) is 65.5. The summed E-state index contributed by atoms with van der Waals surface area (Å²) in [6.45, 7) is 82.5. The predicted octanol–water partition coefficient (Wildman–Crippen LogP) is 26.2. The van der Waals surface area contributed by atoms with E-state index in [1.807, 2.05) is 215 Å². The lowest BCUT2D eigenvalue weighted by molar-refractivity contribution is 0.0503. The van der Waals surface area contributed by atoms with Crippen molar-refractivity contribution in [3.05, 3.63) is 272 Å². The average molecular weight is 1940 g/mol. The van der Waals surface area contributed by atoms with Crippen LogP contribution in [-0.2, 0) is 67.7 Å². The van der Waals surface area contributed by atoms with Gasteiger partial charge in [0.05, 0.1) is 94.2 Å². The van der Waals surface area contributed by atoms with E-state index in [1.165, 1.54) is 51.2 Å². The molecular weight excluding hydrogens is 1770 g/mol. The van der Waals surface area contributed by atoms with Crippen LogP contribution >= 0.6 is 11.6 Å². The van der Waals surface area contributed by atoms with Crippen LogP contribution in [0.4, 0.5) is 4.39 Å². The van der Waals surface area contributed by atoms with Gasteiger partial charge in [0.15, 0.2) is 39.5 Å². The van der Waals surface area contributed by atoms with E-state index >= 15 is 0 Å². The summed E-state index contributed by atoms with van der Waals surface area (Å²) in [5, 5.41) is 17.1. The molecule has 1 aliphatic carbocycles. The highest BCUT2D eigenvalue weighted by atomic mass is 35.5. The number of aryl methyl sites for hydroxylation is 2. The van der Waals surface area contributed by atoms with Gasteiger partial charge in [0.25, 0.3) is 5.56 Å². The van der Waals surface area contributed by atoms with Gasteiger partial charge < -0.3 is 42.4 Å². The van der Waals surface area contributed by atoms with Gasteiger partial charge in [-0.25, -0.2) is 33.8 Å². The molecule has 140 heavy (non-hydrogen) atoms. The highest BCUT2D eigenvalue weighted by Gasteiger charge is 2.32. The van der Waals surface area contributed by atoms with Crippen LogP contribution in [0.15, 0.2) is 188 Å². The maximum Gasteiger partial charge on any atom is 0.261 e. The van der Waals surface area contributed by atoms with Crippen LogP contribution in [-0.4, -0.2) is 138 Å². The Morgan fingerprint density at radius 2 is 1.11 bits per heavy atom. The lowest BCUT2D eigenvalue weighted by Gasteiger charge is -2.25. The van der Waals surface area contributed by atoms with Gasteiger partial charge in [-0.3, -0.25) is 33.5 Å². The number of nitrogens with one attached hydrogen (secondary N) is 1. The van der Waals surface area contributed by atoms with Crippen LogP contribution in [0.5, 0.6) is 11.5 Å². The minimum atomic E-state index is -0.537. The van der Waals surface area contributed by atoms with Gasteiger partial charge >= 0.3 is 0 Å². The van der Waals surface area contributed by atoms with Crippen molar-refractivity contribution < 1.29 is 18.6 Å². The van der Waals surface area contributed by atoms with Crippen LogP contribution in [0.1, 0.15) is 331 Å². The predicted molar refractivity (Wildman–Crippen MR) is 581 cm³/mol. The number of ether oxygens (including phenoxy) is 3. The Morgan fingerprint density at radius 1 is 0.529 bits per heavy atom.